The van der Waals surface area contributed by atoms with Gasteiger partial charge >= 0.3 is 0 Å². The molecule has 0 bridgehead atoms. The Hall–Kier alpha value is -3.39. The molecule has 8 heteroatoms. The molecular formula is C26H27FN4O2S. The van der Waals surface area contributed by atoms with E-state index in [-0.39, 0.29) is 30.6 Å². The van der Waals surface area contributed by atoms with Gasteiger partial charge in [-0.05, 0) is 42.0 Å². The lowest BCUT2D eigenvalue weighted by Gasteiger charge is -2.36. The largest absolute Gasteiger partial charge is 0.368 e. The number of nitrogens with one attached hydrogen (secondary N) is 1. The molecule has 0 atom stereocenters. The van der Waals surface area contributed by atoms with Crippen LogP contribution in [0.3, 0.4) is 0 Å². The summed E-state index contributed by atoms with van der Waals surface area (Å²) in [6.45, 7) is 3.22. The quantitative estimate of drug-likeness (QED) is 0.496. The molecule has 0 unspecified atom stereocenters. The van der Waals surface area contributed by atoms with Crippen LogP contribution in [0.2, 0.25) is 0 Å². The van der Waals surface area contributed by atoms with Crippen LogP contribution in [0.4, 0.5) is 10.1 Å². The van der Waals surface area contributed by atoms with E-state index in [1.807, 2.05) is 23.1 Å². The SMILES string of the molecule is O=C(NCCC(=O)N1CCN(c2ccccc2)CC1)c1cccnc1SCc1ccc(F)cc1. The zero-order chi connectivity index (χ0) is 23.8. The number of hydrogen-bond donors (Lipinski definition) is 1. The minimum absolute atomic E-state index is 0.0464. The Balaban J connectivity index is 1.23. The minimum Gasteiger partial charge on any atom is -0.368 e. The lowest BCUT2D eigenvalue weighted by Crippen LogP contribution is -2.49. The molecule has 1 aliphatic rings. The number of piperazine rings is 1. The number of rotatable bonds is 8. The molecule has 34 heavy (non-hydrogen) atoms. The number of halogens is 1. The first kappa shape index (κ1) is 23.8. The number of aromatic nitrogens is 1. The fraction of sp³-hybridized carbons (Fsp3) is 0.269. The fourth-order valence-corrected chi connectivity index (χ4v) is 4.75. The third kappa shape index (κ3) is 6.35. The normalized spacial score (nSPS) is 13.6. The van der Waals surface area contributed by atoms with Crippen LogP contribution < -0.4 is 10.2 Å². The second kappa shape index (κ2) is 11.7. The molecule has 2 aromatic carbocycles. The van der Waals surface area contributed by atoms with Gasteiger partial charge in [0.25, 0.3) is 5.91 Å². The molecule has 0 radical (unpaired) electrons. The van der Waals surface area contributed by atoms with Crippen molar-refractivity contribution < 1.29 is 14.0 Å². The molecule has 6 nitrogen and oxygen atoms in total. The number of nitrogens with zero attached hydrogens (tertiary/aromatic N) is 3. The number of carbonyl (C=O) groups is 2. The molecule has 2 amide bonds. The smallest absolute Gasteiger partial charge is 0.254 e. The van der Waals surface area contributed by atoms with Gasteiger partial charge in [0, 0.05) is 56.8 Å². The van der Waals surface area contributed by atoms with Crippen LogP contribution in [0, 0.1) is 5.82 Å². The van der Waals surface area contributed by atoms with Gasteiger partial charge < -0.3 is 15.1 Å². The van der Waals surface area contributed by atoms with Gasteiger partial charge in [0.05, 0.1) is 5.56 Å². The molecule has 1 aliphatic heterocycles. The molecule has 1 aromatic heterocycles. The highest BCUT2D eigenvalue weighted by molar-refractivity contribution is 7.98. The number of thioether (sulfide) groups is 1. The molecular weight excluding hydrogens is 451 g/mol. The Morgan fingerprint density at radius 2 is 1.68 bits per heavy atom. The van der Waals surface area contributed by atoms with E-state index in [1.165, 1.54) is 29.6 Å². The van der Waals surface area contributed by atoms with Crippen molar-refractivity contribution in [3.8, 4) is 0 Å². The number of anilines is 1. The Morgan fingerprint density at radius 3 is 2.41 bits per heavy atom. The van der Waals surface area contributed by atoms with Crippen LogP contribution in [-0.4, -0.2) is 54.4 Å². The second-order valence-corrected chi connectivity index (χ2v) is 8.94. The maximum atomic E-state index is 13.1. The molecule has 2 heterocycles. The van der Waals surface area contributed by atoms with Crippen LogP contribution in [0.25, 0.3) is 0 Å². The first-order valence-electron chi connectivity index (χ1n) is 11.3. The van der Waals surface area contributed by atoms with Crippen LogP contribution >= 0.6 is 11.8 Å². The van der Waals surface area contributed by atoms with E-state index in [0.29, 0.717) is 29.4 Å². The van der Waals surface area contributed by atoms with Gasteiger partial charge in [0.1, 0.15) is 10.8 Å². The van der Waals surface area contributed by atoms with Crippen molar-refractivity contribution in [1.29, 1.82) is 0 Å². The third-order valence-corrected chi connectivity index (χ3v) is 6.76. The van der Waals surface area contributed by atoms with E-state index in [9.17, 15) is 14.0 Å². The molecule has 0 spiro atoms. The van der Waals surface area contributed by atoms with Crippen molar-refractivity contribution in [2.45, 2.75) is 17.2 Å². The standard InChI is InChI=1S/C26H27FN4O2S/c27-21-10-8-20(9-11-21)19-34-26-23(7-4-13-29-26)25(33)28-14-12-24(32)31-17-15-30(16-18-31)22-5-2-1-3-6-22/h1-11,13H,12,14-19H2,(H,28,33). The monoisotopic (exact) mass is 478 g/mol. The predicted octanol–water partition coefficient (Wildman–Crippen LogP) is 3.98. The van der Waals surface area contributed by atoms with Gasteiger partial charge in [0.2, 0.25) is 5.91 Å². The first-order valence-corrected chi connectivity index (χ1v) is 12.3. The zero-order valence-corrected chi connectivity index (χ0v) is 19.6. The molecule has 1 saturated heterocycles. The maximum Gasteiger partial charge on any atom is 0.254 e. The summed E-state index contributed by atoms with van der Waals surface area (Å²) >= 11 is 1.42. The van der Waals surface area contributed by atoms with Crippen LogP contribution in [0.15, 0.2) is 78.0 Å². The number of benzene rings is 2. The molecule has 1 fully saturated rings. The Morgan fingerprint density at radius 1 is 0.941 bits per heavy atom. The van der Waals surface area contributed by atoms with Crippen molar-refractivity contribution in [3.63, 3.8) is 0 Å². The molecule has 4 rings (SSSR count). The maximum absolute atomic E-state index is 13.1. The van der Waals surface area contributed by atoms with Crippen molar-refractivity contribution in [2.75, 3.05) is 37.6 Å². The molecule has 0 aliphatic carbocycles. The second-order valence-electron chi connectivity index (χ2n) is 7.98. The Kier molecular flexibility index (Phi) is 8.14. The lowest BCUT2D eigenvalue weighted by molar-refractivity contribution is -0.131. The van der Waals surface area contributed by atoms with Gasteiger partial charge in [-0.2, -0.15) is 0 Å². The van der Waals surface area contributed by atoms with E-state index in [2.05, 4.69) is 27.3 Å². The summed E-state index contributed by atoms with van der Waals surface area (Å²) in [5.74, 6) is 0.0890. The average molecular weight is 479 g/mol. The van der Waals surface area contributed by atoms with Gasteiger partial charge in [0.15, 0.2) is 0 Å². The van der Waals surface area contributed by atoms with Crippen molar-refractivity contribution in [3.05, 3.63) is 89.9 Å². The first-order chi connectivity index (χ1) is 16.6. The van der Waals surface area contributed by atoms with Crippen molar-refractivity contribution in [2.24, 2.45) is 0 Å². The molecule has 0 saturated carbocycles. The van der Waals surface area contributed by atoms with Crippen LogP contribution in [-0.2, 0) is 10.5 Å². The minimum atomic E-state index is -0.278. The van der Waals surface area contributed by atoms with E-state index < -0.39 is 0 Å². The van der Waals surface area contributed by atoms with Crippen molar-refractivity contribution >= 4 is 29.3 Å². The summed E-state index contributed by atoms with van der Waals surface area (Å²) < 4.78 is 13.1. The van der Waals surface area contributed by atoms with Gasteiger partial charge in [-0.25, -0.2) is 9.37 Å². The van der Waals surface area contributed by atoms with Crippen LogP contribution in [0.1, 0.15) is 22.3 Å². The summed E-state index contributed by atoms with van der Waals surface area (Å²) in [6, 6.07) is 19.9. The number of hydrogen-bond acceptors (Lipinski definition) is 5. The van der Waals surface area contributed by atoms with Gasteiger partial charge in [-0.1, -0.05) is 30.3 Å². The third-order valence-electron chi connectivity index (χ3n) is 5.68. The van der Waals surface area contributed by atoms with E-state index >= 15 is 0 Å². The van der Waals surface area contributed by atoms with Crippen LogP contribution in [0.5, 0.6) is 0 Å². The van der Waals surface area contributed by atoms with Gasteiger partial charge in [-0.3, -0.25) is 9.59 Å². The number of para-hydroxylation sites is 1. The van der Waals surface area contributed by atoms with Crippen molar-refractivity contribution in [1.82, 2.24) is 15.2 Å². The lowest BCUT2D eigenvalue weighted by atomic mass is 10.2. The van der Waals surface area contributed by atoms with E-state index in [1.54, 1.807) is 30.5 Å². The highest BCUT2D eigenvalue weighted by Crippen LogP contribution is 2.24. The number of carbonyl (C=O) groups excluding carboxylic acids is 2. The fourth-order valence-electron chi connectivity index (χ4n) is 3.80. The predicted molar refractivity (Wildman–Crippen MR) is 132 cm³/mol. The van der Waals surface area contributed by atoms with E-state index in [0.717, 1.165) is 18.7 Å². The summed E-state index contributed by atoms with van der Waals surface area (Å²) in [6.07, 6.45) is 1.90. The number of pyridine rings is 1. The topological polar surface area (TPSA) is 65.5 Å². The number of amides is 2. The highest BCUT2D eigenvalue weighted by atomic mass is 32.2. The van der Waals surface area contributed by atoms with Gasteiger partial charge in [-0.15, -0.1) is 11.8 Å². The molecule has 3 aromatic rings. The molecule has 176 valence electrons. The average Bonchev–Trinajstić information content (AvgIpc) is 2.89. The Labute approximate surface area is 203 Å². The summed E-state index contributed by atoms with van der Waals surface area (Å²) in [5.41, 5.74) is 2.59. The molecule has 1 N–H and O–H groups in total. The summed E-state index contributed by atoms with van der Waals surface area (Å²) in [4.78, 5) is 33.8. The summed E-state index contributed by atoms with van der Waals surface area (Å²) in [7, 11) is 0. The van der Waals surface area contributed by atoms with E-state index in [4.69, 9.17) is 0 Å². The Bertz CT molecular complexity index is 1100. The highest BCUT2D eigenvalue weighted by Gasteiger charge is 2.21. The zero-order valence-electron chi connectivity index (χ0n) is 18.8. The summed E-state index contributed by atoms with van der Waals surface area (Å²) in [5, 5.41) is 3.45.